The quantitative estimate of drug-likeness (QED) is 0.715. The minimum absolute atomic E-state index is 0.292. The number of sulfonamides is 1. The van der Waals surface area contributed by atoms with Gasteiger partial charge in [-0.05, 0) is 30.2 Å². The summed E-state index contributed by atoms with van der Waals surface area (Å²) in [6, 6.07) is 5.24. The maximum Gasteiger partial charge on any atom is 0.250 e. The van der Waals surface area contributed by atoms with Crippen molar-refractivity contribution in [3.8, 4) is 0 Å². The van der Waals surface area contributed by atoms with Crippen LogP contribution in [0.1, 0.15) is 19.8 Å². The van der Waals surface area contributed by atoms with Gasteiger partial charge in [0.2, 0.25) is 10.0 Å². The molecule has 1 fully saturated rings. The summed E-state index contributed by atoms with van der Waals surface area (Å²) in [5.74, 6) is 2.30. The number of anilines is 2. The van der Waals surface area contributed by atoms with E-state index < -0.39 is 10.0 Å². The van der Waals surface area contributed by atoms with Crippen molar-refractivity contribution in [2.45, 2.75) is 24.0 Å². The van der Waals surface area contributed by atoms with Crippen LogP contribution in [0.3, 0.4) is 0 Å². The SMILES string of the molecule is CC1CCCN(c2cc(NCCNS(=O)(=O)c3cccs3)ncn2)C1. The van der Waals surface area contributed by atoms with Crippen LogP contribution < -0.4 is 14.9 Å². The molecule has 7 nitrogen and oxygen atoms in total. The lowest BCUT2D eigenvalue weighted by Gasteiger charge is -2.31. The molecule has 0 aromatic carbocycles. The highest BCUT2D eigenvalue weighted by atomic mass is 32.2. The van der Waals surface area contributed by atoms with E-state index in [4.69, 9.17) is 0 Å². The summed E-state index contributed by atoms with van der Waals surface area (Å²) in [5, 5.41) is 4.90. The molecule has 0 saturated carbocycles. The van der Waals surface area contributed by atoms with Gasteiger partial charge in [-0.1, -0.05) is 13.0 Å². The molecule has 1 atom stereocenters. The maximum atomic E-state index is 12.0. The van der Waals surface area contributed by atoms with Crippen molar-refractivity contribution >= 4 is 33.0 Å². The van der Waals surface area contributed by atoms with Crippen LogP contribution in [0.15, 0.2) is 34.1 Å². The number of rotatable bonds is 7. The van der Waals surface area contributed by atoms with Gasteiger partial charge in [-0.15, -0.1) is 11.3 Å². The Kier molecular flexibility index (Phi) is 5.87. The van der Waals surface area contributed by atoms with Crippen molar-refractivity contribution in [2.75, 3.05) is 36.4 Å². The van der Waals surface area contributed by atoms with Crippen molar-refractivity contribution in [2.24, 2.45) is 5.92 Å². The first kappa shape index (κ1) is 18.1. The van der Waals surface area contributed by atoms with Gasteiger partial charge in [0.1, 0.15) is 22.2 Å². The average Bonchev–Trinajstić information content (AvgIpc) is 3.15. The lowest BCUT2D eigenvalue weighted by molar-refractivity contribution is 0.444. The van der Waals surface area contributed by atoms with Crippen LogP contribution in [0.2, 0.25) is 0 Å². The zero-order valence-electron chi connectivity index (χ0n) is 14.2. The third-order valence-electron chi connectivity index (χ3n) is 4.12. The molecule has 0 amide bonds. The number of thiophene rings is 1. The van der Waals surface area contributed by atoms with E-state index in [-0.39, 0.29) is 0 Å². The molecule has 9 heteroatoms. The Labute approximate surface area is 152 Å². The summed E-state index contributed by atoms with van der Waals surface area (Å²) < 4.78 is 27.0. The van der Waals surface area contributed by atoms with Crippen molar-refractivity contribution in [1.82, 2.24) is 14.7 Å². The third-order valence-corrected chi connectivity index (χ3v) is 6.98. The highest BCUT2D eigenvalue weighted by Gasteiger charge is 2.18. The Morgan fingerprint density at radius 1 is 1.36 bits per heavy atom. The van der Waals surface area contributed by atoms with Crippen LogP contribution >= 0.6 is 11.3 Å². The highest BCUT2D eigenvalue weighted by Crippen LogP contribution is 2.22. The second-order valence-corrected chi connectivity index (χ2v) is 9.15. The second kappa shape index (κ2) is 8.11. The molecule has 25 heavy (non-hydrogen) atoms. The summed E-state index contributed by atoms with van der Waals surface area (Å²) >= 11 is 1.21. The van der Waals surface area contributed by atoms with Crippen LogP contribution in [-0.4, -0.2) is 44.6 Å². The zero-order chi connectivity index (χ0) is 17.7. The van der Waals surface area contributed by atoms with E-state index in [2.05, 4.69) is 31.8 Å². The standard InChI is InChI=1S/C16H23N5O2S2/c1-13-4-2-8-21(11-13)15-10-14(18-12-19-15)17-6-7-20-25(22,23)16-5-3-9-24-16/h3,5,9-10,12-13,20H,2,4,6-8,11H2,1H3,(H,17,18,19). The molecule has 2 aromatic rings. The molecule has 0 bridgehead atoms. The summed E-state index contributed by atoms with van der Waals surface area (Å²) in [5.41, 5.74) is 0. The van der Waals surface area contributed by atoms with Gasteiger partial charge in [0, 0.05) is 32.2 Å². The lowest BCUT2D eigenvalue weighted by atomic mass is 10.0. The normalized spacial score (nSPS) is 18.3. The Morgan fingerprint density at radius 2 is 2.24 bits per heavy atom. The molecule has 3 heterocycles. The average molecular weight is 382 g/mol. The molecule has 2 aromatic heterocycles. The van der Waals surface area contributed by atoms with Crippen molar-refractivity contribution in [3.05, 3.63) is 29.9 Å². The topological polar surface area (TPSA) is 87.2 Å². The second-order valence-electron chi connectivity index (χ2n) is 6.21. The van der Waals surface area contributed by atoms with Gasteiger partial charge in [0.05, 0.1) is 0 Å². The van der Waals surface area contributed by atoms with Gasteiger partial charge >= 0.3 is 0 Å². The number of aromatic nitrogens is 2. The summed E-state index contributed by atoms with van der Waals surface area (Å²) in [6.45, 7) is 5.03. The van der Waals surface area contributed by atoms with Crippen molar-refractivity contribution < 1.29 is 8.42 Å². The summed E-state index contributed by atoms with van der Waals surface area (Å²) in [7, 11) is -3.42. The minimum Gasteiger partial charge on any atom is -0.369 e. The van der Waals surface area contributed by atoms with Gasteiger partial charge in [0.15, 0.2) is 0 Å². The minimum atomic E-state index is -3.42. The number of piperidine rings is 1. The number of hydrogen-bond acceptors (Lipinski definition) is 7. The van der Waals surface area contributed by atoms with Crippen LogP contribution in [-0.2, 0) is 10.0 Å². The lowest BCUT2D eigenvalue weighted by Crippen LogP contribution is -2.34. The predicted octanol–water partition coefficient (Wildman–Crippen LogP) is 2.16. The van der Waals surface area contributed by atoms with Crippen molar-refractivity contribution in [1.29, 1.82) is 0 Å². The summed E-state index contributed by atoms with van der Waals surface area (Å²) in [4.78, 5) is 10.9. The Hall–Kier alpha value is -1.71. The van der Waals surface area contributed by atoms with E-state index in [1.807, 2.05) is 6.07 Å². The maximum absolute atomic E-state index is 12.0. The van der Waals surface area contributed by atoms with E-state index in [0.29, 0.717) is 29.0 Å². The van der Waals surface area contributed by atoms with Gasteiger partial charge in [-0.2, -0.15) is 0 Å². The van der Waals surface area contributed by atoms with Gasteiger partial charge in [-0.25, -0.2) is 23.1 Å². The molecule has 1 aliphatic heterocycles. The molecular weight excluding hydrogens is 358 g/mol. The van der Waals surface area contributed by atoms with Crippen LogP contribution in [0.5, 0.6) is 0 Å². The van der Waals surface area contributed by atoms with E-state index in [1.165, 1.54) is 24.2 Å². The molecule has 0 radical (unpaired) electrons. The van der Waals surface area contributed by atoms with Crippen LogP contribution in [0.4, 0.5) is 11.6 Å². The Balaban J connectivity index is 1.51. The highest BCUT2D eigenvalue weighted by molar-refractivity contribution is 7.91. The fraction of sp³-hybridized carbons (Fsp3) is 0.500. The first-order chi connectivity index (χ1) is 12.0. The number of nitrogens with zero attached hydrogens (tertiary/aromatic N) is 3. The van der Waals surface area contributed by atoms with Crippen LogP contribution in [0, 0.1) is 5.92 Å². The molecule has 1 saturated heterocycles. The Bertz CT molecular complexity index is 780. The van der Waals surface area contributed by atoms with Gasteiger partial charge in [-0.3, -0.25) is 0 Å². The summed E-state index contributed by atoms with van der Waals surface area (Å²) in [6.07, 6.45) is 3.99. The molecule has 1 aliphatic rings. The zero-order valence-corrected chi connectivity index (χ0v) is 15.8. The van der Waals surface area contributed by atoms with E-state index >= 15 is 0 Å². The molecule has 136 valence electrons. The number of hydrogen-bond donors (Lipinski definition) is 2. The van der Waals surface area contributed by atoms with Gasteiger partial charge < -0.3 is 10.2 Å². The smallest absolute Gasteiger partial charge is 0.250 e. The molecule has 0 spiro atoms. The monoisotopic (exact) mass is 381 g/mol. The first-order valence-electron chi connectivity index (χ1n) is 8.38. The number of nitrogens with one attached hydrogen (secondary N) is 2. The Morgan fingerprint density at radius 3 is 3.00 bits per heavy atom. The molecular formula is C16H23N5O2S2. The first-order valence-corrected chi connectivity index (χ1v) is 10.7. The van der Waals surface area contributed by atoms with Crippen molar-refractivity contribution in [3.63, 3.8) is 0 Å². The molecule has 1 unspecified atom stereocenters. The van der Waals surface area contributed by atoms with Gasteiger partial charge in [0.25, 0.3) is 0 Å². The molecule has 2 N–H and O–H groups in total. The molecule has 3 rings (SSSR count). The van der Waals surface area contributed by atoms with E-state index in [0.717, 1.165) is 18.9 Å². The fourth-order valence-corrected chi connectivity index (χ4v) is 4.95. The largest absolute Gasteiger partial charge is 0.369 e. The third kappa shape index (κ3) is 4.90. The fourth-order valence-electron chi connectivity index (χ4n) is 2.88. The predicted molar refractivity (Wildman–Crippen MR) is 101 cm³/mol. The van der Waals surface area contributed by atoms with E-state index in [9.17, 15) is 8.42 Å². The van der Waals surface area contributed by atoms with E-state index in [1.54, 1.807) is 23.8 Å². The molecule has 0 aliphatic carbocycles. The van der Waals surface area contributed by atoms with Crippen LogP contribution in [0.25, 0.3) is 0 Å².